The van der Waals surface area contributed by atoms with Crippen LogP contribution in [0, 0.1) is 11.3 Å². The van der Waals surface area contributed by atoms with Crippen LogP contribution in [0.25, 0.3) is 0 Å². The molecule has 1 N–H and O–H groups in total. The summed E-state index contributed by atoms with van der Waals surface area (Å²) in [6, 6.07) is 7.15. The molecule has 1 aliphatic carbocycles. The summed E-state index contributed by atoms with van der Waals surface area (Å²) in [6.07, 6.45) is 3.68. The number of Topliss-reactive ketones (excluding diaryl/α,β-unsaturated/α-hetero) is 1. The Labute approximate surface area is 119 Å². The third kappa shape index (κ3) is 3.00. The maximum absolute atomic E-state index is 11.7. The molecule has 0 aliphatic heterocycles. The minimum Gasteiger partial charge on any atom is -0.388 e. The van der Waals surface area contributed by atoms with E-state index in [0.717, 1.165) is 31.4 Å². The second kappa shape index (κ2) is 5.64. The van der Waals surface area contributed by atoms with E-state index in [-0.39, 0.29) is 5.78 Å². The Balaban J connectivity index is 2.30. The number of hydrogen-bond donors (Lipinski definition) is 1. The molecule has 0 aromatic heterocycles. The second-order valence-corrected chi connectivity index (χ2v) is 5.69. The molecule has 0 radical (unpaired) electrons. The van der Waals surface area contributed by atoms with Crippen LogP contribution < -0.4 is 4.90 Å². The highest BCUT2D eigenvalue weighted by atomic mass is 16.3. The van der Waals surface area contributed by atoms with Gasteiger partial charge in [0.05, 0.1) is 17.2 Å². The van der Waals surface area contributed by atoms with Gasteiger partial charge in [-0.25, -0.2) is 0 Å². The van der Waals surface area contributed by atoms with Gasteiger partial charge >= 0.3 is 0 Å². The maximum atomic E-state index is 11.7. The van der Waals surface area contributed by atoms with Crippen molar-refractivity contribution in [1.29, 1.82) is 5.26 Å². The van der Waals surface area contributed by atoms with E-state index >= 15 is 0 Å². The molecule has 0 atom stereocenters. The van der Waals surface area contributed by atoms with Gasteiger partial charge in [0.1, 0.15) is 0 Å². The summed E-state index contributed by atoms with van der Waals surface area (Å²) in [4.78, 5) is 13.6. The van der Waals surface area contributed by atoms with Gasteiger partial charge in [0.25, 0.3) is 0 Å². The lowest BCUT2D eigenvalue weighted by Crippen LogP contribution is -2.39. The summed E-state index contributed by atoms with van der Waals surface area (Å²) in [6.45, 7) is 2.01. The quantitative estimate of drug-likeness (QED) is 0.855. The van der Waals surface area contributed by atoms with Gasteiger partial charge in [0, 0.05) is 24.8 Å². The molecule has 4 nitrogen and oxygen atoms in total. The van der Waals surface area contributed by atoms with Crippen LogP contribution in [0.4, 0.5) is 5.69 Å². The van der Waals surface area contributed by atoms with E-state index in [4.69, 9.17) is 5.26 Å². The molecule has 4 heteroatoms. The highest BCUT2D eigenvalue weighted by Gasteiger charge is 2.32. The van der Waals surface area contributed by atoms with Crippen LogP contribution in [0.1, 0.15) is 48.5 Å². The molecule has 0 unspecified atom stereocenters. The SMILES string of the molecule is CC(=O)c1ccc(C#N)cc1N(C)CC1(O)CCCC1. The largest absolute Gasteiger partial charge is 0.388 e. The number of nitriles is 1. The predicted molar refractivity (Wildman–Crippen MR) is 77.8 cm³/mol. The lowest BCUT2D eigenvalue weighted by atomic mass is 10.00. The topological polar surface area (TPSA) is 64.3 Å². The number of aliphatic hydroxyl groups is 1. The van der Waals surface area contributed by atoms with Gasteiger partial charge in [-0.05, 0) is 38.0 Å². The van der Waals surface area contributed by atoms with E-state index in [1.807, 2.05) is 11.9 Å². The minimum absolute atomic E-state index is 0.0326. The number of carbonyl (C=O) groups excluding carboxylic acids is 1. The van der Waals surface area contributed by atoms with E-state index in [0.29, 0.717) is 17.7 Å². The summed E-state index contributed by atoms with van der Waals surface area (Å²) in [5, 5.41) is 19.5. The van der Waals surface area contributed by atoms with Crippen LogP contribution in [-0.4, -0.2) is 30.1 Å². The van der Waals surface area contributed by atoms with Crippen molar-refractivity contribution in [1.82, 2.24) is 0 Å². The van der Waals surface area contributed by atoms with E-state index in [1.54, 1.807) is 18.2 Å². The first-order chi connectivity index (χ1) is 9.45. The first-order valence-electron chi connectivity index (χ1n) is 6.94. The third-order valence-corrected chi connectivity index (χ3v) is 3.98. The molecule has 2 rings (SSSR count). The Hall–Kier alpha value is -1.86. The zero-order valence-corrected chi connectivity index (χ0v) is 12.0. The number of rotatable bonds is 4. The molecule has 0 bridgehead atoms. The van der Waals surface area contributed by atoms with Gasteiger partial charge in [-0.1, -0.05) is 12.8 Å². The highest BCUT2D eigenvalue weighted by molar-refractivity contribution is 6.00. The average molecular weight is 272 g/mol. The Morgan fingerprint density at radius 3 is 2.65 bits per heavy atom. The molecule has 1 aliphatic rings. The van der Waals surface area contributed by atoms with Crippen LogP contribution in [0.3, 0.4) is 0 Å². The summed E-state index contributed by atoms with van der Waals surface area (Å²) in [5.41, 5.74) is 1.16. The Morgan fingerprint density at radius 1 is 1.45 bits per heavy atom. The molecule has 20 heavy (non-hydrogen) atoms. The van der Waals surface area contributed by atoms with Crippen molar-refractivity contribution >= 4 is 11.5 Å². The normalized spacial score (nSPS) is 16.7. The zero-order chi connectivity index (χ0) is 14.8. The summed E-state index contributed by atoms with van der Waals surface area (Å²) >= 11 is 0. The van der Waals surface area contributed by atoms with Crippen molar-refractivity contribution in [2.75, 3.05) is 18.5 Å². The molecule has 0 spiro atoms. The molecule has 1 fully saturated rings. The van der Waals surface area contributed by atoms with Crippen molar-refractivity contribution in [3.63, 3.8) is 0 Å². The Bertz CT molecular complexity index is 554. The van der Waals surface area contributed by atoms with Crippen LogP contribution in [0.5, 0.6) is 0 Å². The van der Waals surface area contributed by atoms with Crippen molar-refractivity contribution in [2.45, 2.75) is 38.2 Å². The van der Waals surface area contributed by atoms with Gasteiger partial charge < -0.3 is 10.0 Å². The number of likely N-dealkylation sites (N-methyl/N-ethyl adjacent to an activating group) is 1. The number of carbonyl (C=O) groups is 1. The minimum atomic E-state index is -0.675. The predicted octanol–water partition coefficient (Wildman–Crippen LogP) is 2.50. The van der Waals surface area contributed by atoms with E-state index in [9.17, 15) is 9.90 Å². The standard InChI is InChI=1S/C16H20N2O2/c1-12(19)14-6-5-13(10-17)9-15(14)18(2)11-16(20)7-3-4-8-16/h5-6,9,20H,3-4,7-8,11H2,1-2H3. The lowest BCUT2D eigenvalue weighted by Gasteiger charge is -2.31. The molecule has 0 saturated heterocycles. The van der Waals surface area contributed by atoms with Crippen molar-refractivity contribution in [2.24, 2.45) is 0 Å². The van der Waals surface area contributed by atoms with E-state index in [1.165, 1.54) is 6.92 Å². The smallest absolute Gasteiger partial charge is 0.161 e. The number of nitrogens with zero attached hydrogens (tertiary/aromatic N) is 2. The Kier molecular flexibility index (Phi) is 4.10. The van der Waals surface area contributed by atoms with Crippen LogP contribution in [0.2, 0.25) is 0 Å². The second-order valence-electron chi connectivity index (χ2n) is 5.69. The first-order valence-corrected chi connectivity index (χ1v) is 6.94. The molecular formula is C16H20N2O2. The van der Waals surface area contributed by atoms with Crippen molar-refractivity contribution in [3.8, 4) is 6.07 Å². The van der Waals surface area contributed by atoms with Gasteiger partial charge in [0.15, 0.2) is 5.78 Å². The Morgan fingerprint density at radius 2 is 2.10 bits per heavy atom. The molecule has 0 amide bonds. The fraction of sp³-hybridized carbons (Fsp3) is 0.500. The zero-order valence-electron chi connectivity index (χ0n) is 12.0. The molecule has 0 heterocycles. The van der Waals surface area contributed by atoms with Crippen LogP contribution in [-0.2, 0) is 0 Å². The fourth-order valence-corrected chi connectivity index (χ4v) is 2.93. The van der Waals surface area contributed by atoms with E-state index < -0.39 is 5.60 Å². The number of ketones is 1. The van der Waals surface area contributed by atoms with E-state index in [2.05, 4.69) is 6.07 Å². The summed E-state index contributed by atoms with van der Waals surface area (Å²) in [7, 11) is 1.86. The van der Waals surface area contributed by atoms with Gasteiger partial charge in [-0.15, -0.1) is 0 Å². The fourth-order valence-electron chi connectivity index (χ4n) is 2.93. The van der Waals surface area contributed by atoms with Crippen LogP contribution in [0.15, 0.2) is 18.2 Å². The summed E-state index contributed by atoms with van der Waals surface area (Å²) < 4.78 is 0. The summed E-state index contributed by atoms with van der Waals surface area (Å²) in [5.74, 6) is -0.0326. The molecule has 1 aromatic rings. The number of benzene rings is 1. The monoisotopic (exact) mass is 272 g/mol. The number of hydrogen-bond acceptors (Lipinski definition) is 4. The third-order valence-electron chi connectivity index (χ3n) is 3.98. The average Bonchev–Trinajstić information content (AvgIpc) is 2.84. The van der Waals surface area contributed by atoms with Gasteiger partial charge in [-0.3, -0.25) is 4.79 Å². The first kappa shape index (κ1) is 14.5. The van der Waals surface area contributed by atoms with Crippen molar-refractivity contribution < 1.29 is 9.90 Å². The highest BCUT2D eigenvalue weighted by Crippen LogP contribution is 2.32. The molecule has 1 saturated carbocycles. The van der Waals surface area contributed by atoms with Gasteiger partial charge in [0.2, 0.25) is 0 Å². The van der Waals surface area contributed by atoms with Crippen molar-refractivity contribution in [3.05, 3.63) is 29.3 Å². The van der Waals surface area contributed by atoms with Crippen LogP contribution >= 0.6 is 0 Å². The molecular weight excluding hydrogens is 252 g/mol. The molecule has 1 aromatic carbocycles. The molecule has 106 valence electrons. The number of anilines is 1. The maximum Gasteiger partial charge on any atom is 0.161 e. The lowest BCUT2D eigenvalue weighted by molar-refractivity contribution is 0.0558. The van der Waals surface area contributed by atoms with Gasteiger partial charge in [-0.2, -0.15) is 5.26 Å².